The van der Waals surface area contributed by atoms with Gasteiger partial charge in [0.05, 0.1) is 0 Å². The number of hydrogen-bond donors (Lipinski definition) is 0. The number of hydrogen-bond acceptors (Lipinski definition) is 1. The van der Waals surface area contributed by atoms with Crippen LogP contribution < -0.4 is 0 Å². The van der Waals surface area contributed by atoms with Crippen molar-refractivity contribution in [1.29, 1.82) is 0 Å². The van der Waals surface area contributed by atoms with Crippen LogP contribution in [0.3, 0.4) is 0 Å². The summed E-state index contributed by atoms with van der Waals surface area (Å²) in [5, 5.41) is -3.02. The van der Waals surface area contributed by atoms with Crippen LogP contribution in [0.2, 0.25) is 0 Å². The molecule has 5 heteroatoms. The lowest BCUT2D eigenvalue weighted by Crippen LogP contribution is -2.20. The standard InChI is InChI=1S/C9H15Cl2F2S/c1-2-3-4-5-6-7-14-9(12,13)8(10)11/h8H,1-7H2. The Bertz CT molecular complexity index is 143. The van der Waals surface area contributed by atoms with Crippen LogP contribution in [0.25, 0.3) is 0 Å². The van der Waals surface area contributed by atoms with Gasteiger partial charge in [-0.3, -0.25) is 0 Å². The summed E-state index contributed by atoms with van der Waals surface area (Å²) in [5.74, 6) is 0.403. The van der Waals surface area contributed by atoms with E-state index in [1.807, 2.05) is 0 Å². The van der Waals surface area contributed by atoms with E-state index in [9.17, 15) is 8.78 Å². The third kappa shape index (κ3) is 7.13. The third-order valence-electron chi connectivity index (χ3n) is 1.69. The molecular formula is C9H15Cl2F2S. The minimum atomic E-state index is -3.02. The molecule has 0 aromatic carbocycles. The first-order chi connectivity index (χ1) is 6.50. The maximum absolute atomic E-state index is 12.8. The Morgan fingerprint density at radius 3 is 2.21 bits per heavy atom. The number of rotatable bonds is 8. The summed E-state index contributed by atoms with van der Waals surface area (Å²) >= 11 is 10.8. The van der Waals surface area contributed by atoms with Gasteiger partial charge in [0.25, 0.3) is 0 Å². The van der Waals surface area contributed by atoms with Gasteiger partial charge in [0.15, 0.2) is 4.84 Å². The molecule has 0 rings (SSSR count). The molecular weight excluding hydrogens is 249 g/mol. The van der Waals surface area contributed by atoms with Gasteiger partial charge in [-0.15, -0.1) is 0 Å². The monoisotopic (exact) mass is 263 g/mol. The van der Waals surface area contributed by atoms with Gasteiger partial charge in [0.1, 0.15) is 0 Å². The van der Waals surface area contributed by atoms with Crippen molar-refractivity contribution in [2.45, 2.75) is 42.2 Å². The van der Waals surface area contributed by atoms with Gasteiger partial charge < -0.3 is 0 Å². The van der Waals surface area contributed by atoms with Gasteiger partial charge >= 0.3 is 5.25 Å². The molecule has 0 nitrogen and oxygen atoms in total. The normalized spacial score (nSPS) is 12.4. The van der Waals surface area contributed by atoms with Crippen LogP contribution in [0.5, 0.6) is 0 Å². The van der Waals surface area contributed by atoms with E-state index in [0.717, 1.165) is 32.1 Å². The van der Waals surface area contributed by atoms with E-state index >= 15 is 0 Å². The molecule has 0 heterocycles. The highest BCUT2D eigenvalue weighted by Crippen LogP contribution is 2.38. The fraction of sp³-hybridized carbons (Fsp3) is 0.889. The number of unbranched alkanes of at least 4 members (excludes halogenated alkanes) is 4. The van der Waals surface area contributed by atoms with Crippen LogP contribution in [-0.2, 0) is 0 Å². The highest BCUT2D eigenvalue weighted by Gasteiger charge is 2.37. The van der Waals surface area contributed by atoms with Crippen molar-refractivity contribution in [2.75, 3.05) is 5.75 Å². The van der Waals surface area contributed by atoms with Gasteiger partial charge in [-0.1, -0.05) is 67.6 Å². The second-order valence-corrected chi connectivity index (χ2v) is 5.32. The summed E-state index contributed by atoms with van der Waals surface area (Å²) in [6, 6.07) is 0. The number of alkyl halides is 4. The zero-order chi connectivity index (χ0) is 11.0. The lowest BCUT2D eigenvalue weighted by Gasteiger charge is -2.15. The maximum atomic E-state index is 12.8. The summed E-state index contributed by atoms with van der Waals surface area (Å²) in [7, 11) is 0. The van der Waals surface area contributed by atoms with E-state index in [2.05, 4.69) is 6.92 Å². The van der Waals surface area contributed by atoms with Crippen LogP contribution in [-0.4, -0.2) is 15.8 Å². The van der Waals surface area contributed by atoms with Gasteiger partial charge in [-0.25, -0.2) is 0 Å². The molecule has 0 bridgehead atoms. The van der Waals surface area contributed by atoms with E-state index in [4.69, 9.17) is 23.2 Å². The summed E-state index contributed by atoms with van der Waals surface area (Å²) in [6.45, 7) is 3.71. The molecule has 1 radical (unpaired) electrons. The molecule has 85 valence electrons. The molecule has 0 atom stereocenters. The van der Waals surface area contributed by atoms with E-state index in [-0.39, 0.29) is 0 Å². The minimum absolute atomic E-state index is 0.403. The van der Waals surface area contributed by atoms with Gasteiger partial charge in [-0.05, 0) is 12.2 Å². The average Bonchev–Trinajstić information content (AvgIpc) is 2.10. The number of halogens is 4. The Hall–Kier alpha value is 0.790. The van der Waals surface area contributed by atoms with Crippen LogP contribution in [0, 0.1) is 6.92 Å². The highest BCUT2D eigenvalue weighted by molar-refractivity contribution is 8.00. The maximum Gasteiger partial charge on any atom is 0.323 e. The van der Waals surface area contributed by atoms with E-state index in [1.165, 1.54) is 0 Å². The summed E-state index contributed by atoms with van der Waals surface area (Å²) in [6.07, 6.45) is 4.78. The van der Waals surface area contributed by atoms with Crippen molar-refractivity contribution >= 4 is 35.0 Å². The van der Waals surface area contributed by atoms with Gasteiger partial charge in [-0.2, -0.15) is 8.78 Å². The van der Waals surface area contributed by atoms with Crippen molar-refractivity contribution in [3.05, 3.63) is 6.92 Å². The molecule has 0 aromatic heterocycles. The lowest BCUT2D eigenvalue weighted by atomic mass is 10.2. The molecule has 0 spiro atoms. The molecule has 14 heavy (non-hydrogen) atoms. The van der Waals surface area contributed by atoms with Crippen LogP contribution in [0.4, 0.5) is 8.78 Å². The highest BCUT2D eigenvalue weighted by atomic mass is 35.5. The topological polar surface area (TPSA) is 0 Å². The second kappa shape index (κ2) is 8.00. The first-order valence-corrected chi connectivity index (χ1v) is 6.45. The Labute approximate surface area is 98.7 Å². The summed E-state index contributed by atoms with van der Waals surface area (Å²) in [5.41, 5.74) is 0. The summed E-state index contributed by atoms with van der Waals surface area (Å²) < 4.78 is 25.6. The van der Waals surface area contributed by atoms with E-state index < -0.39 is 10.1 Å². The fourth-order valence-electron chi connectivity index (χ4n) is 0.904. The van der Waals surface area contributed by atoms with Crippen molar-refractivity contribution < 1.29 is 8.78 Å². The van der Waals surface area contributed by atoms with E-state index in [0.29, 0.717) is 17.5 Å². The molecule has 0 saturated carbocycles. The summed E-state index contributed by atoms with van der Waals surface area (Å²) in [4.78, 5) is -1.62. The van der Waals surface area contributed by atoms with Crippen LogP contribution in [0.15, 0.2) is 0 Å². The molecule has 0 amide bonds. The SMILES string of the molecule is [CH2]CCCCCCSC(F)(F)C(Cl)Cl. The smallest absolute Gasteiger partial charge is 0.191 e. The largest absolute Gasteiger partial charge is 0.323 e. The van der Waals surface area contributed by atoms with Crippen molar-refractivity contribution in [3.8, 4) is 0 Å². The zero-order valence-electron chi connectivity index (χ0n) is 7.95. The quantitative estimate of drug-likeness (QED) is 0.444. The Balaban J connectivity index is 3.35. The predicted octanol–water partition coefficient (Wildman–Crippen LogP) is 4.90. The minimum Gasteiger partial charge on any atom is -0.191 e. The Kier molecular flexibility index (Phi) is 8.45. The van der Waals surface area contributed by atoms with Crippen LogP contribution in [0.1, 0.15) is 32.1 Å². The molecule has 0 N–H and O–H groups in total. The van der Waals surface area contributed by atoms with Crippen molar-refractivity contribution in [3.63, 3.8) is 0 Å². The lowest BCUT2D eigenvalue weighted by molar-refractivity contribution is 0.122. The predicted molar refractivity (Wildman–Crippen MR) is 61.3 cm³/mol. The Morgan fingerprint density at radius 2 is 1.71 bits per heavy atom. The molecule has 0 aromatic rings. The molecule has 0 saturated heterocycles. The number of thioether (sulfide) groups is 1. The average molecular weight is 264 g/mol. The van der Waals surface area contributed by atoms with E-state index in [1.54, 1.807) is 0 Å². The first-order valence-electron chi connectivity index (χ1n) is 4.60. The molecule has 0 aliphatic carbocycles. The molecule has 0 fully saturated rings. The molecule has 0 aliphatic rings. The molecule has 0 aliphatic heterocycles. The van der Waals surface area contributed by atoms with Gasteiger partial charge in [0.2, 0.25) is 0 Å². The molecule has 0 unspecified atom stereocenters. The fourth-order valence-corrected chi connectivity index (χ4v) is 2.03. The first kappa shape index (κ1) is 14.8. The van der Waals surface area contributed by atoms with Gasteiger partial charge in [0, 0.05) is 0 Å². The van der Waals surface area contributed by atoms with Crippen molar-refractivity contribution in [1.82, 2.24) is 0 Å². The zero-order valence-corrected chi connectivity index (χ0v) is 10.3. The van der Waals surface area contributed by atoms with Crippen molar-refractivity contribution in [2.24, 2.45) is 0 Å². The Morgan fingerprint density at radius 1 is 1.14 bits per heavy atom. The second-order valence-electron chi connectivity index (χ2n) is 2.98. The third-order valence-corrected chi connectivity index (χ3v) is 3.61. The van der Waals surface area contributed by atoms with Crippen LogP contribution >= 0.6 is 35.0 Å².